The lowest BCUT2D eigenvalue weighted by Crippen LogP contribution is -2.11. The Morgan fingerprint density at radius 3 is 1.78 bits per heavy atom. The topological polar surface area (TPSA) is 69.9 Å². The van der Waals surface area contributed by atoms with E-state index in [9.17, 15) is 15.3 Å². The van der Waals surface area contributed by atoms with Crippen LogP contribution in [0.5, 0.6) is 28.7 Å². The average Bonchev–Trinajstić information content (AvgIpc) is 2.53. The minimum absolute atomic E-state index is 0.100. The summed E-state index contributed by atoms with van der Waals surface area (Å²) in [7, 11) is 0. The van der Waals surface area contributed by atoms with E-state index < -0.39 is 0 Å². The zero-order valence-corrected chi connectivity index (χ0v) is 12.1. The lowest BCUT2D eigenvalue weighted by atomic mass is 9.82. The summed E-state index contributed by atoms with van der Waals surface area (Å²) in [5, 5.41) is 29.7. The van der Waals surface area contributed by atoms with Gasteiger partial charge in [-0.3, -0.25) is 0 Å². The van der Waals surface area contributed by atoms with Crippen LogP contribution in [0.25, 0.3) is 0 Å². The molecule has 0 saturated carbocycles. The Morgan fingerprint density at radius 1 is 0.652 bits per heavy atom. The van der Waals surface area contributed by atoms with Gasteiger partial charge in [0.05, 0.1) is 0 Å². The standard InChI is InChI=1S/C19H14O4/c20-11-5-7-14-17(9-11)23-18-10-12(21)6-8-15(18)19(14)13-3-1-2-4-16(13)22/h1-10,19-22H. The van der Waals surface area contributed by atoms with Gasteiger partial charge in [0.15, 0.2) is 0 Å². The predicted octanol–water partition coefficient (Wildman–Crippen LogP) is 4.09. The Hall–Kier alpha value is -3.14. The lowest BCUT2D eigenvalue weighted by molar-refractivity contribution is 0.425. The van der Waals surface area contributed by atoms with Crippen LogP contribution in [0.15, 0.2) is 60.7 Å². The molecule has 4 rings (SSSR count). The van der Waals surface area contributed by atoms with Gasteiger partial charge in [-0.15, -0.1) is 0 Å². The van der Waals surface area contributed by atoms with Crippen molar-refractivity contribution in [2.75, 3.05) is 0 Å². The first-order valence-corrected chi connectivity index (χ1v) is 7.25. The highest BCUT2D eigenvalue weighted by molar-refractivity contribution is 5.62. The third-order valence-electron chi connectivity index (χ3n) is 4.08. The number of hydrogen-bond donors (Lipinski definition) is 3. The van der Waals surface area contributed by atoms with Crippen molar-refractivity contribution in [2.24, 2.45) is 0 Å². The monoisotopic (exact) mass is 306 g/mol. The Labute approximate surface area is 132 Å². The third kappa shape index (κ3) is 2.16. The number of phenols is 3. The molecule has 3 N–H and O–H groups in total. The maximum atomic E-state index is 10.3. The second-order valence-electron chi connectivity index (χ2n) is 5.54. The number of aromatic hydroxyl groups is 3. The fourth-order valence-corrected chi connectivity index (χ4v) is 3.05. The molecule has 3 aromatic carbocycles. The number of fused-ring (bicyclic) bond motifs is 2. The Kier molecular flexibility index (Phi) is 2.91. The molecule has 3 aromatic rings. The van der Waals surface area contributed by atoms with Crippen molar-refractivity contribution in [1.82, 2.24) is 0 Å². The largest absolute Gasteiger partial charge is 0.508 e. The summed E-state index contributed by atoms with van der Waals surface area (Å²) in [6.07, 6.45) is 0. The molecule has 1 heterocycles. The summed E-state index contributed by atoms with van der Waals surface area (Å²) in [5.74, 6) is 1.17. The summed E-state index contributed by atoms with van der Waals surface area (Å²) < 4.78 is 5.83. The van der Waals surface area contributed by atoms with E-state index in [0.717, 1.165) is 16.7 Å². The van der Waals surface area contributed by atoms with Crippen molar-refractivity contribution >= 4 is 0 Å². The maximum Gasteiger partial charge on any atom is 0.135 e. The molecule has 23 heavy (non-hydrogen) atoms. The van der Waals surface area contributed by atoms with Gasteiger partial charge in [-0.1, -0.05) is 30.3 Å². The number of ether oxygens (including phenoxy) is 1. The van der Waals surface area contributed by atoms with Gasteiger partial charge in [0.2, 0.25) is 0 Å². The molecule has 0 bridgehead atoms. The molecule has 0 fully saturated rings. The van der Waals surface area contributed by atoms with Crippen LogP contribution in [0.1, 0.15) is 22.6 Å². The highest BCUT2D eigenvalue weighted by Gasteiger charge is 2.30. The molecule has 114 valence electrons. The van der Waals surface area contributed by atoms with E-state index in [0.29, 0.717) is 11.5 Å². The Morgan fingerprint density at radius 2 is 1.22 bits per heavy atom. The zero-order valence-electron chi connectivity index (χ0n) is 12.1. The van der Waals surface area contributed by atoms with Crippen LogP contribution >= 0.6 is 0 Å². The van der Waals surface area contributed by atoms with Gasteiger partial charge in [0.1, 0.15) is 28.7 Å². The summed E-state index contributed by atoms with van der Waals surface area (Å²) in [4.78, 5) is 0. The number of hydrogen-bond acceptors (Lipinski definition) is 4. The molecule has 0 unspecified atom stereocenters. The fourth-order valence-electron chi connectivity index (χ4n) is 3.05. The molecular formula is C19H14O4. The van der Waals surface area contributed by atoms with Gasteiger partial charge in [-0.2, -0.15) is 0 Å². The van der Waals surface area contributed by atoms with Crippen LogP contribution < -0.4 is 4.74 Å². The van der Waals surface area contributed by atoms with Crippen molar-refractivity contribution in [3.05, 3.63) is 77.4 Å². The number of para-hydroxylation sites is 1. The van der Waals surface area contributed by atoms with Crippen molar-refractivity contribution in [1.29, 1.82) is 0 Å². The molecule has 0 aliphatic carbocycles. The molecule has 4 heteroatoms. The first kappa shape index (κ1) is 13.5. The van der Waals surface area contributed by atoms with Crippen LogP contribution in [-0.4, -0.2) is 15.3 Å². The number of rotatable bonds is 1. The lowest BCUT2D eigenvalue weighted by Gasteiger charge is -2.29. The van der Waals surface area contributed by atoms with Gasteiger partial charge in [-0.25, -0.2) is 0 Å². The summed E-state index contributed by atoms with van der Waals surface area (Å²) >= 11 is 0. The van der Waals surface area contributed by atoms with Gasteiger partial charge in [0.25, 0.3) is 0 Å². The third-order valence-corrected chi connectivity index (χ3v) is 4.08. The highest BCUT2D eigenvalue weighted by atomic mass is 16.5. The molecule has 0 aromatic heterocycles. The minimum atomic E-state index is -0.240. The second-order valence-corrected chi connectivity index (χ2v) is 5.54. The maximum absolute atomic E-state index is 10.3. The SMILES string of the molecule is Oc1ccc2c(c1)Oc1cc(O)ccc1C2c1ccccc1O. The van der Waals surface area contributed by atoms with Crippen LogP contribution in [0, 0.1) is 0 Å². The second kappa shape index (κ2) is 4.95. The first-order chi connectivity index (χ1) is 11.1. The Bertz CT molecular complexity index is 850. The highest BCUT2D eigenvalue weighted by Crippen LogP contribution is 2.50. The van der Waals surface area contributed by atoms with Crippen LogP contribution in [-0.2, 0) is 0 Å². The number of phenolic OH excluding ortho intramolecular Hbond substituents is 3. The molecule has 0 saturated heterocycles. The van der Waals surface area contributed by atoms with Gasteiger partial charge < -0.3 is 20.1 Å². The molecule has 0 radical (unpaired) electrons. The molecule has 4 nitrogen and oxygen atoms in total. The quantitative estimate of drug-likeness (QED) is 0.495. The van der Waals surface area contributed by atoms with E-state index in [-0.39, 0.29) is 23.2 Å². The van der Waals surface area contributed by atoms with E-state index in [1.807, 2.05) is 12.1 Å². The van der Waals surface area contributed by atoms with Crippen LogP contribution in [0.3, 0.4) is 0 Å². The van der Waals surface area contributed by atoms with Crippen molar-refractivity contribution in [2.45, 2.75) is 5.92 Å². The predicted molar refractivity (Wildman–Crippen MR) is 85.3 cm³/mol. The van der Waals surface area contributed by atoms with Crippen molar-refractivity contribution in [3.8, 4) is 28.7 Å². The molecule has 1 aliphatic rings. The molecule has 0 spiro atoms. The molecule has 0 atom stereocenters. The van der Waals surface area contributed by atoms with Gasteiger partial charge in [0, 0.05) is 34.7 Å². The van der Waals surface area contributed by atoms with Crippen molar-refractivity contribution < 1.29 is 20.1 Å². The minimum Gasteiger partial charge on any atom is -0.508 e. The summed E-state index contributed by atoms with van der Waals surface area (Å²) in [6, 6.07) is 17.0. The average molecular weight is 306 g/mol. The van der Waals surface area contributed by atoms with Gasteiger partial charge in [-0.05, 0) is 18.2 Å². The van der Waals surface area contributed by atoms with E-state index >= 15 is 0 Å². The first-order valence-electron chi connectivity index (χ1n) is 7.25. The van der Waals surface area contributed by atoms with E-state index in [1.165, 1.54) is 12.1 Å². The zero-order chi connectivity index (χ0) is 16.0. The van der Waals surface area contributed by atoms with E-state index in [1.54, 1.807) is 36.4 Å². The summed E-state index contributed by atoms with van der Waals surface area (Å²) in [6.45, 7) is 0. The van der Waals surface area contributed by atoms with Gasteiger partial charge >= 0.3 is 0 Å². The Balaban J connectivity index is 2.00. The van der Waals surface area contributed by atoms with Crippen LogP contribution in [0.4, 0.5) is 0 Å². The van der Waals surface area contributed by atoms with Crippen molar-refractivity contribution in [3.63, 3.8) is 0 Å². The van der Waals surface area contributed by atoms with E-state index in [2.05, 4.69) is 0 Å². The smallest absolute Gasteiger partial charge is 0.135 e. The normalized spacial score (nSPS) is 13.0. The molecule has 0 amide bonds. The molecular weight excluding hydrogens is 292 g/mol. The van der Waals surface area contributed by atoms with Crippen LogP contribution in [0.2, 0.25) is 0 Å². The fraction of sp³-hybridized carbons (Fsp3) is 0.0526. The number of benzene rings is 3. The summed E-state index contributed by atoms with van der Waals surface area (Å²) in [5.41, 5.74) is 2.44. The molecule has 1 aliphatic heterocycles. The van der Waals surface area contributed by atoms with E-state index in [4.69, 9.17) is 4.74 Å².